The number of hydrogen-bond acceptors (Lipinski definition) is 2. The molecule has 0 amide bonds. The molecule has 0 radical (unpaired) electrons. The zero-order valence-electron chi connectivity index (χ0n) is 8.96. The second kappa shape index (κ2) is 3.70. The third kappa shape index (κ3) is 1.44. The molecule has 0 spiro atoms. The molecule has 1 aromatic heterocycles. The second-order valence-electron chi connectivity index (χ2n) is 4.32. The maximum absolute atomic E-state index is 4.22. The van der Waals surface area contributed by atoms with Gasteiger partial charge in [0.1, 0.15) is 0 Å². The van der Waals surface area contributed by atoms with Crippen LogP contribution in [0.25, 0.3) is 0 Å². The van der Waals surface area contributed by atoms with Crippen molar-refractivity contribution in [2.24, 2.45) is 0 Å². The third-order valence-electron chi connectivity index (χ3n) is 3.53. The third-order valence-corrected chi connectivity index (χ3v) is 3.53. The Balaban J connectivity index is 2.31. The van der Waals surface area contributed by atoms with Gasteiger partial charge in [-0.3, -0.25) is 4.98 Å². The molecule has 1 fully saturated rings. The van der Waals surface area contributed by atoms with Crippen LogP contribution in [-0.2, 0) is 5.41 Å². The number of rotatable bonds is 2. The van der Waals surface area contributed by atoms with Crippen molar-refractivity contribution < 1.29 is 0 Å². The van der Waals surface area contributed by atoms with Gasteiger partial charge >= 0.3 is 0 Å². The lowest BCUT2D eigenvalue weighted by Crippen LogP contribution is -2.37. The van der Waals surface area contributed by atoms with E-state index in [2.05, 4.69) is 30.2 Å². The van der Waals surface area contributed by atoms with Gasteiger partial charge in [0.2, 0.25) is 0 Å². The molecule has 2 atom stereocenters. The number of nitrogens with zero attached hydrogens (tertiary/aromatic N) is 1. The van der Waals surface area contributed by atoms with E-state index in [0.717, 1.165) is 6.54 Å². The molecule has 1 aromatic rings. The number of hydrogen-bond donors (Lipinski definition) is 1. The van der Waals surface area contributed by atoms with E-state index >= 15 is 0 Å². The summed E-state index contributed by atoms with van der Waals surface area (Å²) in [5.41, 5.74) is 1.65. The minimum atomic E-state index is 0.281. The zero-order chi connectivity index (χ0) is 10.0. The van der Waals surface area contributed by atoms with E-state index in [1.807, 2.05) is 18.5 Å². The monoisotopic (exact) mass is 190 g/mol. The Kier molecular flexibility index (Phi) is 2.55. The Morgan fingerprint density at radius 3 is 3.14 bits per heavy atom. The van der Waals surface area contributed by atoms with Gasteiger partial charge in [-0.25, -0.2) is 0 Å². The minimum absolute atomic E-state index is 0.281. The smallest absolute Gasteiger partial charge is 0.0306 e. The largest absolute Gasteiger partial charge is 0.313 e. The quantitative estimate of drug-likeness (QED) is 0.772. The Labute approximate surface area is 85.7 Å². The van der Waals surface area contributed by atoms with Crippen molar-refractivity contribution in [3.63, 3.8) is 0 Å². The normalized spacial score (nSPS) is 32.0. The highest BCUT2D eigenvalue weighted by Gasteiger charge is 2.38. The molecule has 2 heteroatoms. The molecule has 0 bridgehead atoms. The highest BCUT2D eigenvalue weighted by Crippen LogP contribution is 2.35. The average molecular weight is 190 g/mol. The molecule has 0 aromatic carbocycles. The van der Waals surface area contributed by atoms with Crippen molar-refractivity contribution in [2.75, 3.05) is 6.54 Å². The fourth-order valence-electron chi connectivity index (χ4n) is 2.55. The first-order valence-electron chi connectivity index (χ1n) is 5.41. The lowest BCUT2D eigenvalue weighted by molar-refractivity contribution is 0.392. The van der Waals surface area contributed by atoms with Crippen LogP contribution >= 0.6 is 0 Å². The molecule has 1 aliphatic rings. The SMILES string of the molecule is CCC1NCCC1(C)c1cccnc1. The summed E-state index contributed by atoms with van der Waals surface area (Å²) in [6.45, 7) is 5.72. The summed E-state index contributed by atoms with van der Waals surface area (Å²) in [6, 6.07) is 4.83. The molecule has 2 nitrogen and oxygen atoms in total. The molecule has 2 heterocycles. The Bertz CT molecular complexity index is 296. The molecule has 2 rings (SSSR count). The summed E-state index contributed by atoms with van der Waals surface area (Å²) in [7, 11) is 0. The van der Waals surface area contributed by atoms with Gasteiger partial charge in [-0.2, -0.15) is 0 Å². The molecule has 14 heavy (non-hydrogen) atoms. The zero-order valence-corrected chi connectivity index (χ0v) is 8.96. The first kappa shape index (κ1) is 9.66. The lowest BCUT2D eigenvalue weighted by Gasteiger charge is -2.30. The molecule has 1 aliphatic heterocycles. The summed E-state index contributed by atoms with van der Waals surface area (Å²) >= 11 is 0. The first-order valence-corrected chi connectivity index (χ1v) is 5.41. The Morgan fingerprint density at radius 1 is 1.64 bits per heavy atom. The van der Waals surface area contributed by atoms with Crippen LogP contribution in [0, 0.1) is 0 Å². The van der Waals surface area contributed by atoms with Gasteiger partial charge in [-0.1, -0.05) is 19.9 Å². The molecule has 0 aliphatic carbocycles. The van der Waals surface area contributed by atoms with Gasteiger partial charge in [-0.15, -0.1) is 0 Å². The van der Waals surface area contributed by atoms with Crippen LogP contribution in [0.4, 0.5) is 0 Å². The van der Waals surface area contributed by atoms with E-state index in [1.54, 1.807) is 0 Å². The van der Waals surface area contributed by atoms with Gasteiger partial charge in [0.25, 0.3) is 0 Å². The number of pyridine rings is 1. The molecule has 1 N–H and O–H groups in total. The summed E-state index contributed by atoms with van der Waals surface area (Å²) in [5.74, 6) is 0. The van der Waals surface area contributed by atoms with Crippen LogP contribution in [0.5, 0.6) is 0 Å². The van der Waals surface area contributed by atoms with Gasteiger partial charge in [-0.05, 0) is 31.0 Å². The molecular formula is C12H18N2. The van der Waals surface area contributed by atoms with Crippen molar-refractivity contribution in [1.82, 2.24) is 10.3 Å². The van der Waals surface area contributed by atoms with Crippen molar-refractivity contribution in [3.8, 4) is 0 Å². The Hall–Kier alpha value is -0.890. The standard InChI is InChI=1S/C12H18N2/c1-3-11-12(2,6-8-14-11)10-5-4-7-13-9-10/h4-5,7,9,11,14H,3,6,8H2,1-2H3. The maximum atomic E-state index is 4.22. The molecule has 0 saturated carbocycles. The molecule has 2 unspecified atom stereocenters. The van der Waals surface area contributed by atoms with Crippen LogP contribution in [0.2, 0.25) is 0 Å². The predicted octanol–water partition coefficient (Wildman–Crippen LogP) is 2.11. The Morgan fingerprint density at radius 2 is 2.50 bits per heavy atom. The highest BCUT2D eigenvalue weighted by atomic mass is 15.0. The van der Waals surface area contributed by atoms with Crippen molar-refractivity contribution in [2.45, 2.75) is 38.1 Å². The highest BCUT2D eigenvalue weighted by molar-refractivity contribution is 5.25. The van der Waals surface area contributed by atoms with Crippen LogP contribution in [0.3, 0.4) is 0 Å². The first-order chi connectivity index (χ1) is 6.77. The second-order valence-corrected chi connectivity index (χ2v) is 4.32. The van der Waals surface area contributed by atoms with Crippen LogP contribution in [0.15, 0.2) is 24.5 Å². The number of aromatic nitrogens is 1. The fraction of sp³-hybridized carbons (Fsp3) is 0.583. The maximum Gasteiger partial charge on any atom is 0.0306 e. The van der Waals surface area contributed by atoms with Crippen molar-refractivity contribution in [1.29, 1.82) is 0 Å². The van der Waals surface area contributed by atoms with Gasteiger partial charge < -0.3 is 5.32 Å². The predicted molar refractivity (Wildman–Crippen MR) is 58.3 cm³/mol. The van der Waals surface area contributed by atoms with E-state index in [1.165, 1.54) is 18.4 Å². The van der Waals surface area contributed by atoms with Gasteiger partial charge in [0.05, 0.1) is 0 Å². The van der Waals surface area contributed by atoms with Crippen molar-refractivity contribution >= 4 is 0 Å². The van der Waals surface area contributed by atoms with E-state index in [4.69, 9.17) is 0 Å². The summed E-state index contributed by atoms with van der Waals surface area (Å²) in [6.07, 6.45) is 6.26. The van der Waals surface area contributed by atoms with Gasteiger partial charge in [0.15, 0.2) is 0 Å². The summed E-state index contributed by atoms with van der Waals surface area (Å²) in [4.78, 5) is 4.22. The van der Waals surface area contributed by atoms with E-state index < -0.39 is 0 Å². The van der Waals surface area contributed by atoms with Crippen molar-refractivity contribution in [3.05, 3.63) is 30.1 Å². The molecule has 76 valence electrons. The molecular weight excluding hydrogens is 172 g/mol. The van der Waals surface area contributed by atoms with E-state index in [9.17, 15) is 0 Å². The van der Waals surface area contributed by atoms with Crippen LogP contribution in [0.1, 0.15) is 32.3 Å². The summed E-state index contributed by atoms with van der Waals surface area (Å²) < 4.78 is 0. The fourth-order valence-corrected chi connectivity index (χ4v) is 2.55. The molecule has 1 saturated heterocycles. The summed E-state index contributed by atoms with van der Waals surface area (Å²) in [5, 5.41) is 3.57. The van der Waals surface area contributed by atoms with E-state index in [0.29, 0.717) is 6.04 Å². The topological polar surface area (TPSA) is 24.9 Å². The van der Waals surface area contributed by atoms with Crippen LogP contribution in [-0.4, -0.2) is 17.6 Å². The lowest BCUT2D eigenvalue weighted by atomic mass is 9.76. The minimum Gasteiger partial charge on any atom is -0.313 e. The average Bonchev–Trinajstić information content (AvgIpc) is 2.62. The number of nitrogens with one attached hydrogen (secondary N) is 1. The van der Waals surface area contributed by atoms with Crippen LogP contribution < -0.4 is 5.32 Å². The van der Waals surface area contributed by atoms with Gasteiger partial charge in [0, 0.05) is 23.9 Å². The van der Waals surface area contributed by atoms with E-state index in [-0.39, 0.29) is 5.41 Å².